The molecule has 22 heavy (non-hydrogen) atoms. The number of anilines is 1. The number of aromatic nitrogens is 2. The molecule has 1 fully saturated rings. The third-order valence-corrected chi connectivity index (χ3v) is 3.60. The van der Waals surface area contributed by atoms with E-state index in [1.54, 1.807) is 12.4 Å². The Bertz CT molecular complexity index is 487. The fourth-order valence-electron chi connectivity index (χ4n) is 2.66. The number of piperidine rings is 1. The lowest BCUT2D eigenvalue weighted by Gasteiger charge is -2.35. The lowest BCUT2D eigenvalue weighted by molar-refractivity contribution is 0.0170. The summed E-state index contributed by atoms with van der Waals surface area (Å²) in [5, 5.41) is 0. The van der Waals surface area contributed by atoms with E-state index >= 15 is 0 Å². The Morgan fingerprint density at radius 1 is 1.41 bits per heavy atom. The van der Waals surface area contributed by atoms with Gasteiger partial charge in [-0.05, 0) is 45.6 Å². The second-order valence-electron chi connectivity index (χ2n) is 6.86. The van der Waals surface area contributed by atoms with E-state index in [9.17, 15) is 4.79 Å². The van der Waals surface area contributed by atoms with Gasteiger partial charge in [-0.1, -0.05) is 0 Å². The average Bonchev–Trinajstić information content (AvgIpc) is 2.46. The van der Waals surface area contributed by atoms with Crippen LogP contribution in [0.4, 0.5) is 10.7 Å². The van der Waals surface area contributed by atoms with Gasteiger partial charge in [0.05, 0.1) is 0 Å². The van der Waals surface area contributed by atoms with E-state index in [1.807, 2.05) is 43.7 Å². The third kappa shape index (κ3) is 4.86. The monoisotopic (exact) mass is 306 g/mol. The molecule has 0 saturated carbocycles. The van der Waals surface area contributed by atoms with Crippen molar-refractivity contribution in [3.63, 3.8) is 0 Å². The van der Waals surface area contributed by atoms with Crippen molar-refractivity contribution in [1.82, 2.24) is 14.9 Å². The van der Waals surface area contributed by atoms with Gasteiger partial charge in [0, 0.05) is 39.1 Å². The van der Waals surface area contributed by atoms with E-state index in [0.717, 1.165) is 38.4 Å². The van der Waals surface area contributed by atoms with Crippen LogP contribution < -0.4 is 4.90 Å². The van der Waals surface area contributed by atoms with Crippen LogP contribution in [0.25, 0.3) is 0 Å². The highest BCUT2D eigenvalue weighted by Gasteiger charge is 2.28. The van der Waals surface area contributed by atoms with Crippen molar-refractivity contribution in [3.8, 4) is 0 Å². The molecule has 0 N–H and O–H groups in total. The second-order valence-corrected chi connectivity index (χ2v) is 6.86. The summed E-state index contributed by atoms with van der Waals surface area (Å²) in [6.07, 6.45) is 5.39. The summed E-state index contributed by atoms with van der Waals surface area (Å²) in [5.41, 5.74) is -0.446. The third-order valence-electron chi connectivity index (χ3n) is 3.60. The van der Waals surface area contributed by atoms with Gasteiger partial charge < -0.3 is 14.5 Å². The van der Waals surface area contributed by atoms with Crippen molar-refractivity contribution in [2.75, 3.05) is 31.6 Å². The van der Waals surface area contributed by atoms with Crippen molar-refractivity contribution in [2.45, 2.75) is 39.2 Å². The van der Waals surface area contributed by atoms with E-state index < -0.39 is 5.60 Å². The number of carbonyl (C=O) groups is 1. The van der Waals surface area contributed by atoms with Crippen LogP contribution >= 0.6 is 0 Å². The molecule has 0 bridgehead atoms. The van der Waals surface area contributed by atoms with Gasteiger partial charge in [-0.2, -0.15) is 0 Å². The van der Waals surface area contributed by atoms with Crippen LogP contribution in [-0.4, -0.2) is 53.2 Å². The van der Waals surface area contributed by atoms with E-state index in [4.69, 9.17) is 4.74 Å². The molecular weight excluding hydrogens is 280 g/mol. The molecule has 1 aliphatic heterocycles. The Kier molecular flexibility index (Phi) is 5.21. The van der Waals surface area contributed by atoms with Gasteiger partial charge >= 0.3 is 6.09 Å². The van der Waals surface area contributed by atoms with E-state index in [2.05, 4.69) is 9.97 Å². The molecule has 6 heteroatoms. The zero-order valence-corrected chi connectivity index (χ0v) is 14.0. The van der Waals surface area contributed by atoms with Crippen LogP contribution in [0.15, 0.2) is 18.5 Å². The minimum Gasteiger partial charge on any atom is -0.444 e. The standard InChI is InChI=1S/C16H26N4O2/c1-16(2,3)22-15(21)20-10-5-7-13(12-20)11-19(4)14-17-8-6-9-18-14/h6,8-9,13H,5,7,10-12H2,1-4H3/t13-/m1/s1. The first-order valence-electron chi connectivity index (χ1n) is 7.81. The predicted octanol–water partition coefficient (Wildman–Crippen LogP) is 2.56. The molecule has 122 valence electrons. The Hall–Kier alpha value is -1.85. The van der Waals surface area contributed by atoms with E-state index in [0.29, 0.717) is 5.92 Å². The lowest BCUT2D eigenvalue weighted by atomic mass is 9.98. The maximum atomic E-state index is 12.2. The topological polar surface area (TPSA) is 58.6 Å². The molecule has 1 atom stereocenters. The molecule has 6 nitrogen and oxygen atoms in total. The Labute approximate surface area is 132 Å². The first-order chi connectivity index (χ1) is 10.3. The summed E-state index contributed by atoms with van der Waals surface area (Å²) < 4.78 is 5.46. The smallest absolute Gasteiger partial charge is 0.410 e. The molecule has 0 spiro atoms. The second kappa shape index (κ2) is 6.94. The van der Waals surface area contributed by atoms with Crippen LogP contribution in [0, 0.1) is 5.92 Å². The van der Waals surface area contributed by atoms with E-state index in [-0.39, 0.29) is 6.09 Å². The quantitative estimate of drug-likeness (QED) is 0.859. The summed E-state index contributed by atoms with van der Waals surface area (Å²) >= 11 is 0. The molecule has 2 rings (SSSR count). The fourth-order valence-corrected chi connectivity index (χ4v) is 2.66. The van der Waals surface area contributed by atoms with Crippen LogP contribution in [0.2, 0.25) is 0 Å². The molecular formula is C16H26N4O2. The molecule has 1 aliphatic rings. The first-order valence-corrected chi connectivity index (χ1v) is 7.81. The molecule has 0 radical (unpaired) electrons. The zero-order valence-electron chi connectivity index (χ0n) is 14.0. The molecule has 1 amide bonds. The number of hydrogen-bond acceptors (Lipinski definition) is 5. The fraction of sp³-hybridized carbons (Fsp3) is 0.688. The Morgan fingerprint density at radius 2 is 2.09 bits per heavy atom. The summed E-state index contributed by atoms with van der Waals surface area (Å²) in [5.74, 6) is 1.13. The van der Waals surface area contributed by atoms with Gasteiger partial charge in [-0.25, -0.2) is 14.8 Å². The van der Waals surface area contributed by atoms with Gasteiger partial charge in [0.25, 0.3) is 0 Å². The molecule has 1 saturated heterocycles. The van der Waals surface area contributed by atoms with Crippen molar-refractivity contribution in [2.24, 2.45) is 5.92 Å². The molecule has 1 aromatic rings. The predicted molar refractivity (Wildman–Crippen MR) is 85.8 cm³/mol. The van der Waals surface area contributed by atoms with Crippen molar-refractivity contribution in [3.05, 3.63) is 18.5 Å². The van der Waals surface area contributed by atoms with E-state index in [1.165, 1.54) is 0 Å². The number of carbonyl (C=O) groups excluding carboxylic acids is 1. The lowest BCUT2D eigenvalue weighted by Crippen LogP contribution is -2.45. The highest BCUT2D eigenvalue weighted by atomic mass is 16.6. The zero-order chi connectivity index (χ0) is 16.2. The van der Waals surface area contributed by atoms with Gasteiger partial charge in [0.2, 0.25) is 5.95 Å². The van der Waals surface area contributed by atoms with Gasteiger partial charge in [0.15, 0.2) is 0 Å². The average molecular weight is 306 g/mol. The number of ether oxygens (including phenoxy) is 1. The highest BCUT2D eigenvalue weighted by molar-refractivity contribution is 5.68. The number of amides is 1. The summed E-state index contributed by atoms with van der Waals surface area (Å²) in [4.78, 5) is 24.6. The number of rotatable bonds is 3. The number of nitrogens with zero attached hydrogens (tertiary/aromatic N) is 4. The van der Waals surface area contributed by atoms with Gasteiger partial charge in [-0.15, -0.1) is 0 Å². The van der Waals surface area contributed by atoms with Crippen molar-refractivity contribution in [1.29, 1.82) is 0 Å². The van der Waals surface area contributed by atoms with Crippen molar-refractivity contribution >= 4 is 12.0 Å². The number of likely N-dealkylation sites (tertiary alicyclic amines) is 1. The molecule has 0 aromatic carbocycles. The van der Waals surface area contributed by atoms with Gasteiger partial charge in [-0.3, -0.25) is 0 Å². The highest BCUT2D eigenvalue weighted by Crippen LogP contribution is 2.20. The largest absolute Gasteiger partial charge is 0.444 e. The summed E-state index contributed by atoms with van der Waals surface area (Å²) in [7, 11) is 1.99. The van der Waals surface area contributed by atoms with Crippen LogP contribution in [0.1, 0.15) is 33.6 Å². The minimum absolute atomic E-state index is 0.212. The van der Waals surface area contributed by atoms with Crippen molar-refractivity contribution < 1.29 is 9.53 Å². The van der Waals surface area contributed by atoms with Gasteiger partial charge in [0.1, 0.15) is 5.60 Å². The molecule has 1 aromatic heterocycles. The summed E-state index contributed by atoms with van der Waals surface area (Å²) in [6.45, 7) is 8.03. The molecule has 2 heterocycles. The number of hydrogen-bond donors (Lipinski definition) is 0. The Morgan fingerprint density at radius 3 is 2.73 bits per heavy atom. The first kappa shape index (κ1) is 16.5. The van der Waals surface area contributed by atoms with Crippen LogP contribution in [0.3, 0.4) is 0 Å². The normalized spacial score (nSPS) is 18.9. The SMILES string of the molecule is CN(C[C@H]1CCCN(C(=O)OC(C)(C)C)C1)c1ncccn1. The van der Waals surface area contributed by atoms with Crippen LogP contribution in [-0.2, 0) is 4.74 Å². The minimum atomic E-state index is -0.446. The molecule has 0 unspecified atom stereocenters. The van der Waals surface area contributed by atoms with Crippen LogP contribution in [0.5, 0.6) is 0 Å². The maximum absolute atomic E-state index is 12.2. The maximum Gasteiger partial charge on any atom is 0.410 e. The summed E-state index contributed by atoms with van der Waals surface area (Å²) in [6, 6.07) is 1.81. The molecule has 0 aliphatic carbocycles. The Balaban J connectivity index is 1.89.